The van der Waals surface area contributed by atoms with E-state index in [4.69, 9.17) is 10.7 Å². The number of carbonyl (C=O) groups excluding carboxylic acids is 1. The molecule has 1 saturated heterocycles. The van der Waals surface area contributed by atoms with Gasteiger partial charge in [0, 0.05) is 22.9 Å². The number of primary amides is 1. The Hall–Kier alpha value is -1.62. The number of rotatable bonds is 2. The van der Waals surface area contributed by atoms with Gasteiger partial charge >= 0.3 is 0 Å². The van der Waals surface area contributed by atoms with Gasteiger partial charge in [0.15, 0.2) is 0 Å². The van der Waals surface area contributed by atoms with E-state index in [1.54, 1.807) is 0 Å². The molecule has 2 heterocycles. The third kappa shape index (κ3) is 2.63. The predicted molar refractivity (Wildman–Crippen MR) is 83.6 cm³/mol. The first-order valence-electron chi connectivity index (χ1n) is 6.74. The highest BCUT2D eigenvalue weighted by Crippen LogP contribution is 2.25. The Labute approximate surface area is 126 Å². The molecule has 1 aromatic carbocycles. The Morgan fingerprint density at radius 3 is 2.95 bits per heavy atom. The monoisotopic (exact) mass is 333 g/mol. The molecule has 2 N–H and O–H groups in total. The molecule has 1 amide bonds. The SMILES string of the molecule is NC(=O)C1CCCN(c2ccc3ccc(Br)cc3n2)C1. The summed E-state index contributed by atoms with van der Waals surface area (Å²) in [7, 11) is 0. The fourth-order valence-electron chi connectivity index (χ4n) is 2.67. The van der Waals surface area contributed by atoms with Crippen molar-refractivity contribution in [2.45, 2.75) is 12.8 Å². The van der Waals surface area contributed by atoms with Gasteiger partial charge in [-0.25, -0.2) is 4.98 Å². The van der Waals surface area contributed by atoms with E-state index in [9.17, 15) is 4.79 Å². The van der Waals surface area contributed by atoms with E-state index in [1.807, 2.05) is 24.3 Å². The first-order valence-corrected chi connectivity index (χ1v) is 7.53. The number of hydrogen-bond donors (Lipinski definition) is 1. The van der Waals surface area contributed by atoms with Crippen LogP contribution in [0, 0.1) is 5.92 Å². The van der Waals surface area contributed by atoms with Gasteiger partial charge in [0.05, 0.1) is 11.4 Å². The van der Waals surface area contributed by atoms with E-state index in [2.05, 4.69) is 26.9 Å². The summed E-state index contributed by atoms with van der Waals surface area (Å²) in [5.74, 6) is 0.642. The third-order valence-electron chi connectivity index (χ3n) is 3.79. The summed E-state index contributed by atoms with van der Waals surface area (Å²) in [6.45, 7) is 1.60. The van der Waals surface area contributed by atoms with Crippen molar-refractivity contribution in [1.82, 2.24) is 4.98 Å². The second-order valence-corrected chi connectivity index (χ2v) is 6.11. The minimum atomic E-state index is -0.210. The first-order chi connectivity index (χ1) is 9.63. The molecule has 0 radical (unpaired) electrons. The summed E-state index contributed by atoms with van der Waals surface area (Å²) >= 11 is 3.47. The summed E-state index contributed by atoms with van der Waals surface area (Å²) < 4.78 is 1.02. The van der Waals surface area contributed by atoms with Gasteiger partial charge in [0.25, 0.3) is 0 Å². The fourth-order valence-corrected chi connectivity index (χ4v) is 3.02. The number of nitrogens with two attached hydrogens (primary N) is 1. The Balaban J connectivity index is 1.91. The van der Waals surface area contributed by atoms with Gasteiger partial charge in [0.1, 0.15) is 5.82 Å². The zero-order valence-corrected chi connectivity index (χ0v) is 12.6. The lowest BCUT2D eigenvalue weighted by Gasteiger charge is -2.32. The number of aromatic nitrogens is 1. The number of pyridine rings is 1. The number of hydrogen-bond acceptors (Lipinski definition) is 3. The van der Waals surface area contributed by atoms with Gasteiger partial charge in [-0.05, 0) is 37.1 Å². The second-order valence-electron chi connectivity index (χ2n) is 5.19. The Kier molecular flexibility index (Phi) is 3.61. The van der Waals surface area contributed by atoms with Crippen LogP contribution in [0.2, 0.25) is 0 Å². The molecule has 20 heavy (non-hydrogen) atoms. The molecule has 3 rings (SSSR count). The lowest BCUT2D eigenvalue weighted by Crippen LogP contribution is -2.41. The topological polar surface area (TPSA) is 59.2 Å². The maximum absolute atomic E-state index is 11.4. The van der Waals surface area contributed by atoms with Crippen molar-refractivity contribution in [1.29, 1.82) is 0 Å². The zero-order chi connectivity index (χ0) is 14.1. The number of benzene rings is 1. The number of anilines is 1. The molecule has 0 spiro atoms. The molecule has 104 valence electrons. The van der Waals surface area contributed by atoms with E-state index >= 15 is 0 Å². The van der Waals surface area contributed by atoms with Gasteiger partial charge in [0.2, 0.25) is 5.91 Å². The molecule has 5 heteroatoms. The summed E-state index contributed by atoms with van der Waals surface area (Å²) in [5.41, 5.74) is 6.38. The van der Waals surface area contributed by atoms with Crippen molar-refractivity contribution in [2.75, 3.05) is 18.0 Å². The molecule has 1 fully saturated rings. The van der Waals surface area contributed by atoms with Crippen LogP contribution >= 0.6 is 15.9 Å². The van der Waals surface area contributed by atoms with Crippen molar-refractivity contribution in [3.63, 3.8) is 0 Å². The molecular weight excluding hydrogens is 318 g/mol. The van der Waals surface area contributed by atoms with Gasteiger partial charge < -0.3 is 10.6 Å². The Bertz CT molecular complexity index is 659. The average molecular weight is 334 g/mol. The molecule has 0 aliphatic carbocycles. The summed E-state index contributed by atoms with van der Waals surface area (Å²) in [5, 5.41) is 1.11. The van der Waals surface area contributed by atoms with Crippen molar-refractivity contribution >= 4 is 38.6 Å². The maximum atomic E-state index is 11.4. The molecule has 2 aromatic rings. The van der Waals surface area contributed by atoms with Crippen molar-refractivity contribution in [3.05, 3.63) is 34.8 Å². The van der Waals surface area contributed by atoms with Crippen LogP contribution in [-0.2, 0) is 4.79 Å². The van der Waals surface area contributed by atoms with E-state index in [1.165, 1.54) is 0 Å². The largest absolute Gasteiger partial charge is 0.369 e. The molecule has 1 aliphatic heterocycles. The number of piperidine rings is 1. The highest BCUT2D eigenvalue weighted by Gasteiger charge is 2.24. The van der Waals surface area contributed by atoms with Crippen molar-refractivity contribution in [2.24, 2.45) is 11.7 Å². The van der Waals surface area contributed by atoms with Crippen LogP contribution < -0.4 is 10.6 Å². The standard InChI is InChI=1S/C15H16BrN3O/c16-12-5-3-10-4-6-14(18-13(10)8-12)19-7-1-2-11(9-19)15(17)20/h3-6,8,11H,1-2,7,9H2,(H2,17,20). The number of nitrogens with zero attached hydrogens (tertiary/aromatic N) is 2. The van der Waals surface area contributed by atoms with Crippen LogP contribution in [0.1, 0.15) is 12.8 Å². The quantitative estimate of drug-likeness (QED) is 0.919. The highest BCUT2D eigenvalue weighted by molar-refractivity contribution is 9.10. The number of carbonyl (C=O) groups is 1. The highest BCUT2D eigenvalue weighted by atomic mass is 79.9. The van der Waals surface area contributed by atoms with Gasteiger partial charge in [-0.1, -0.05) is 22.0 Å². The predicted octanol–water partition coefficient (Wildman–Crippen LogP) is 2.70. The van der Waals surface area contributed by atoms with Gasteiger partial charge in [-0.15, -0.1) is 0 Å². The van der Waals surface area contributed by atoms with E-state index in [0.29, 0.717) is 6.54 Å². The summed E-state index contributed by atoms with van der Waals surface area (Å²) in [6.07, 6.45) is 1.86. The fraction of sp³-hybridized carbons (Fsp3) is 0.333. The molecule has 0 saturated carbocycles. The number of fused-ring (bicyclic) bond motifs is 1. The number of halogens is 1. The first kappa shape index (κ1) is 13.4. The van der Waals surface area contributed by atoms with Crippen LogP contribution in [0.15, 0.2) is 34.8 Å². The molecular formula is C15H16BrN3O. The lowest BCUT2D eigenvalue weighted by atomic mass is 9.97. The Morgan fingerprint density at radius 2 is 2.15 bits per heavy atom. The minimum absolute atomic E-state index is 0.0660. The van der Waals surface area contributed by atoms with E-state index in [-0.39, 0.29) is 11.8 Å². The van der Waals surface area contributed by atoms with Crippen LogP contribution in [0.3, 0.4) is 0 Å². The molecule has 1 aliphatic rings. The average Bonchev–Trinajstić information content (AvgIpc) is 2.46. The number of amides is 1. The van der Waals surface area contributed by atoms with Crippen LogP contribution in [0.25, 0.3) is 10.9 Å². The van der Waals surface area contributed by atoms with Gasteiger partial charge in [-0.3, -0.25) is 4.79 Å². The third-order valence-corrected chi connectivity index (χ3v) is 4.28. The van der Waals surface area contributed by atoms with E-state index < -0.39 is 0 Å². The normalized spacial score (nSPS) is 19.2. The molecule has 1 aromatic heterocycles. The van der Waals surface area contributed by atoms with Crippen molar-refractivity contribution < 1.29 is 4.79 Å². The summed E-state index contributed by atoms with van der Waals surface area (Å²) in [4.78, 5) is 18.2. The maximum Gasteiger partial charge on any atom is 0.222 e. The van der Waals surface area contributed by atoms with Crippen LogP contribution in [0.4, 0.5) is 5.82 Å². The minimum Gasteiger partial charge on any atom is -0.369 e. The molecule has 0 bridgehead atoms. The van der Waals surface area contributed by atoms with Crippen molar-refractivity contribution in [3.8, 4) is 0 Å². The summed E-state index contributed by atoms with van der Waals surface area (Å²) in [6, 6.07) is 10.1. The lowest BCUT2D eigenvalue weighted by molar-refractivity contribution is -0.122. The second kappa shape index (κ2) is 5.40. The van der Waals surface area contributed by atoms with E-state index in [0.717, 1.165) is 40.6 Å². The zero-order valence-electron chi connectivity index (χ0n) is 11.1. The smallest absolute Gasteiger partial charge is 0.222 e. The Morgan fingerprint density at radius 1 is 1.35 bits per heavy atom. The molecule has 1 unspecified atom stereocenters. The molecule has 1 atom stereocenters. The van der Waals surface area contributed by atoms with Crippen LogP contribution in [-0.4, -0.2) is 24.0 Å². The molecule has 4 nitrogen and oxygen atoms in total. The van der Waals surface area contributed by atoms with Crippen LogP contribution in [0.5, 0.6) is 0 Å². The van der Waals surface area contributed by atoms with Gasteiger partial charge in [-0.2, -0.15) is 0 Å².